The third kappa shape index (κ3) is 4.07. The number of hydrazone groups is 1. The lowest BCUT2D eigenvalue weighted by molar-refractivity contribution is 0.0951. The summed E-state index contributed by atoms with van der Waals surface area (Å²) < 4.78 is 10.7. The minimum Gasteiger partial charge on any atom is -0.489 e. The van der Waals surface area contributed by atoms with Crippen LogP contribution in [0.25, 0.3) is 0 Å². The molecule has 1 aromatic carbocycles. The molecule has 1 amide bonds. The maximum Gasteiger partial charge on any atom is 0.275 e. The summed E-state index contributed by atoms with van der Waals surface area (Å²) >= 11 is 0. The molecule has 0 aliphatic rings. The van der Waals surface area contributed by atoms with Crippen molar-refractivity contribution in [2.45, 2.75) is 6.92 Å². The summed E-state index contributed by atoms with van der Waals surface area (Å²) in [5.41, 5.74) is 2.85. The second kappa shape index (κ2) is 7.09. The van der Waals surface area contributed by atoms with Crippen molar-refractivity contribution in [1.29, 1.82) is 0 Å². The first-order chi connectivity index (χ1) is 10.2. The highest BCUT2D eigenvalue weighted by molar-refractivity contribution is 5.97. The van der Waals surface area contributed by atoms with Crippen molar-refractivity contribution in [2.24, 2.45) is 5.10 Å². The fraction of sp³-hybridized carbons (Fsp3) is 0.125. The number of amides is 1. The standard InChI is InChI=1S/C16H16N2O3/c1-3-10-20-15-7-5-4-6-14(15)16(19)18-17-11-13-9-8-12(2)21-13/h3-9,11H,1,10H2,2H3,(H,18,19). The summed E-state index contributed by atoms with van der Waals surface area (Å²) in [6.45, 7) is 5.74. The molecule has 0 aliphatic carbocycles. The van der Waals surface area contributed by atoms with Gasteiger partial charge in [0.2, 0.25) is 0 Å². The van der Waals surface area contributed by atoms with Gasteiger partial charge >= 0.3 is 0 Å². The van der Waals surface area contributed by atoms with Crippen LogP contribution in [0.3, 0.4) is 0 Å². The molecular weight excluding hydrogens is 268 g/mol. The van der Waals surface area contributed by atoms with E-state index < -0.39 is 0 Å². The van der Waals surface area contributed by atoms with Crippen molar-refractivity contribution in [3.8, 4) is 5.75 Å². The average Bonchev–Trinajstić information content (AvgIpc) is 2.91. The number of carbonyl (C=O) groups excluding carboxylic acids is 1. The molecule has 5 nitrogen and oxygen atoms in total. The van der Waals surface area contributed by atoms with Crippen LogP contribution < -0.4 is 10.2 Å². The Morgan fingerprint density at radius 3 is 2.90 bits per heavy atom. The van der Waals surface area contributed by atoms with Crippen LogP contribution in [0.5, 0.6) is 5.75 Å². The molecule has 0 saturated carbocycles. The quantitative estimate of drug-likeness (QED) is 0.504. The van der Waals surface area contributed by atoms with E-state index in [-0.39, 0.29) is 5.91 Å². The molecule has 0 spiro atoms. The summed E-state index contributed by atoms with van der Waals surface area (Å²) in [6.07, 6.45) is 3.06. The molecule has 0 bridgehead atoms. The molecule has 0 unspecified atom stereocenters. The van der Waals surface area contributed by atoms with Crippen molar-refractivity contribution in [3.05, 3.63) is 66.1 Å². The second-order valence-corrected chi connectivity index (χ2v) is 4.24. The topological polar surface area (TPSA) is 63.8 Å². The average molecular weight is 284 g/mol. The maximum absolute atomic E-state index is 12.1. The predicted molar refractivity (Wildman–Crippen MR) is 80.6 cm³/mol. The molecule has 0 atom stereocenters. The predicted octanol–water partition coefficient (Wildman–Crippen LogP) is 2.92. The van der Waals surface area contributed by atoms with Gasteiger partial charge in [-0.1, -0.05) is 24.8 Å². The smallest absolute Gasteiger partial charge is 0.275 e. The number of hydrogen-bond donors (Lipinski definition) is 1. The van der Waals surface area contributed by atoms with Gasteiger partial charge < -0.3 is 9.15 Å². The molecule has 2 aromatic rings. The third-order valence-corrected chi connectivity index (χ3v) is 2.61. The largest absolute Gasteiger partial charge is 0.489 e. The molecule has 1 heterocycles. The van der Waals surface area contributed by atoms with Crippen LogP contribution in [-0.2, 0) is 0 Å². The van der Waals surface area contributed by atoms with Gasteiger partial charge in [-0.25, -0.2) is 5.43 Å². The van der Waals surface area contributed by atoms with Gasteiger partial charge in [-0.15, -0.1) is 0 Å². The fourth-order valence-electron chi connectivity index (χ4n) is 1.67. The number of ether oxygens (including phenoxy) is 1. The lowest BCUT2D eigenvalue weighted by Gasteiger charge is -2.08. The van der Waals surface area contributed by atoms with Crippen molar-refractivity contribution in [2.75, 3.05) is 6.61 Å². The highest BCUT2D eigenvalue weighted by atomic mass is 16.5. The molecule has 0 fully saturated rings. The number of furan rings is 1. The molecule has 2 rings (SSSR count). The van der Waals surface area contributed by atoms with Gasteiger partial charge in [-0.3, -0.25) is 4.79 Å². The van der Waals surface area contributed by atoms with E-state index in [9.17, 15) is 4.79 Å². The Morgan fingerprint density at radius 2 is 2.19 bits per heavy atom. The number of para-hydroxylation sites is 1. The van der Waals surface area contributed by atoms with Gasteiger partial charge in [0.1, 0.15) is 23.9 Å². The van der Waals surface area contributed by atoms with Crippen LogP contribution in [0.15, 0.2) is 58.6 Å². The molecule has 0 radical (unpaired) electrons. The number of hydrogen-bond acceptors (Lipinski definition) is 4. The van der Waals surface area contributed by atoms with Gasteiger partial charge in [-0.05, 0) is 31.2 Å². The lowest BCUT2D eigenvalue weighted by Crippen LogP contribution is -2.18. The van der Waals surface area contributed by atoms with Gasteiger partial charge in [0.25, 0.3) is 5.91 Å². The van der Waals surface area contributed by atoms with Gasteiger partial charge in [0.15, 0.2) is 0 Å². The molecular formula is C16H16N2O3. The van der Waals surface area contributed by atoms with Gasteiger partial charge in [-0.2, -0.15) is 5.10 Å². The molecule has 0 saturated heterocycles. The van der Waals surface area contributed by atoms with Crippen LogP contribution in [0, 0.1) is 6.92 Å². The summed E-state index contributed by atoms with van der Waals surface area (Å²) in [7, 11) is 0. The van der Waals surface area contributed by atoms with Crippen LogP contribution in [0.4, 0.5) is 0 Å². The monoisotopic (exact) mass is 284 g/mol. The number of rotatable bonds is 6. The SMILES string of the molecule is C=CCOc1ccccc1C(=O)NN=Cc1ccc(C)o1. The summed E-state index contributed by atoms with van der Waals surface area (Å²) in [5.74, 6) is 1.49. The minimum absolute atomic E-state index is 0.333. The van der Waals surface area contributed by atoms with Crippen molar-refractivity contribution < 1.29 is 13.9 Å². The fourth-order valence-corrected chi connectivity index (χ4v) is 1.67. The van der Waals surface area contributed by atoms with E-state index in [1.54, 1.807) is 36.4 Å². The Bertz CT molecular complexity index is 659. The molecule has 5 heteroatoms. The molecule has 0 aliphatic heterocycles. The molecule has 108 valence electrons. The zero-order valence-electron chi connectivity index (χ0n) is 11.7. The second-order valence-electron chi connectivity index (χ2n) is 4.24. The first-order valence-electron chi connectivity index (χ1n) is 6.43. The number of nitrogens with one attached hydrogen (secondary N) is 1. The van der Waals surface area contributed by atoms with Crippen LogP contribution in [0.1, 0.15) is 21.9 Å². The highest BCUT2D eigenvalue weighted by Crippen LogP contribution is 2.17. The minimum atomic E-state index is -0.353. The zero-order chi connectivity index (χ0) is 15.1. The number of nitrogens with zero attached hydrogens (tertiary/aromatic N) is 1. The Balaban J connectivity index is 2.03. The van der Waals surface area contributed by atoms with Crippen LogP contribution >= 0.6 is 0 Å². The Kier molecular flexibility index (Phi) is 4.93. The van der Waals surface area contributed by atoms with E-state index in [2.05, 4.69) is 17.1 Å². The normalized spacial score (nSPS) is 10.5. The summed E-state index contributed by atoms with van der Waals surface area (Å²) in [6, 6.07) is 10.5. The van der Waals surface area contributed by atoms with Crippen LogP contribution in [-0.4, -0.2) is 18.7 Å². The van der Waals surface area contributed by atoms with E-state index in [1.807, 2.05) is 13.0 Å². The Hall–Kier alpha value is -2.82. The van der Waals surface area contributed by atoms with Crippen molar-refractivity contribution >= 4 is 12.1 Å². The number of carbonyl (C=O) groups is 1. The Morgan fingerprint density at radius 1 is 1.38 bits per heavy atom. The van der Waals surface area contributed by atoms with E-state index in [4.69, 9.17) is 9.15 Å². The third-order valence-electron chi connectivity index (χ3n) is 2.61. The zero-order valence-corrected chi connectivity index (χ0v) is 11.7. The maximum atomic E-state index is 12.1. The lowest BCUT2D eigenvalue weighted by atomic mass is 10.2. The molecule has 21 heavy (non-hydrogen) atoms. The Labute approximate surface area is 122 Å². The van der Waals surface area contributed by atoms with E-state index >= 15 is 0 Å². The number of aryl methyl sites for hydroxylation is 1. The van der Waals surface area contributed by atoms with E-state index in [1.165, 1.54) is 6.21 Å². The first-order valence-corrected chi connectivity index (χ1v) is 6.43. The molecule has 1 N–H and O–H groups in total. The first kappa shape index (κ1) is 14.6. The van der Waals surface area contributed by atoms with E-state index in [0.717, 1.165) is 5.76 Å². The van der Waals surface area contributed by atoms with Crippen molar-refractivity contribution in [1.82, 2.24) is 5.43 Å². The van der Waals surface area contributed by atoms with Gasteiger partial charge in [0, 0.05) is 0 Å². The number of benzene rings is 1. The van der Waals surface area contributed by atoms with Gasteiger partial charge in [0.05, 0.1) is 11.8 Å². The van der Waals surface area contributed by atoms with E-state index in [0.29, 0.717) is 23.7 Å². The summed E-state index contributed by atoms with van der Waals surface area (Å²) in [5, 5.41) is 3.86. The summed E-state index contributed by atoms with van der Waals surface area (Å²) in [4.78, 5) is 12.1. The molecule has 1 aromatic heterocycles. The van der Waals surface area contributed by atoms with Crippen molar-refractivity contribution in [3.63, 3.8) is 0 Å². The highest BCUT2D eigenvalue weighted by Gasteiger charge is 2.10. The van der Waals surface area contributed by atoms with Crippen LogP contribution in [0.2, 0.25) is 0 Å².